The van der Waals surface area contributed by atoms with Crippen LogP contribution in [0, 0.1) is 39.0 Å². The Balaban J connectivity index is 1.32. The zero-order valence-electron chi connectivity index (χ0n) is 31.7. The zero-order chi connectivity index (χ0) is 38.1. The van der Waals surface area contributed by atoms with Crippen LogP contribution >= 0.6 is 0 Å². The summed E-state index contributed by atoms with van der Waals surface area (Å²) < 4.78 is 4.60. The van der Waals surface area contributed by atoms with E-state index in [0.29, 0.717) is 11.4 Å². The van der Waals surface area contributed by atoms with Crippen molar-refractivity contribution in [3.63, 3.8) is 0 Å². The minimum absolute atomic E-state index is 0.549. The van der Waals surface area contributed by atoms with Gasteiger partial charge < -0.3 is 9.13 Å². The lowest BCUT2D eigenvalue weighted by Crippen LogP contribution is -2.07. The third-order valence-corrected chi connectivity index (χ3v) is 11.0. The van der Waals surface area contributed by atoms with Crippen molar-refractivity contribution in [1.82, 2.24) is 19.1 Å². The Morgan fingerprint density at radius 1 is 0.429 bits per heavy atom. The first-order valence-electron chi connectivity index (χ1n) is 19.0. The van der Waals surface area contributed by atoms with E-state index in [0.717, 1.165) is 83.1 Å². The van der Waals surface area contributed by atoms with Crippen molar-refractivity contribution >= 4 is 43.6 Å². The summed E-state index contributed by atoms with van der Waals surface area (Å²) in [5.74, 6) is 0.612. The van der Waals surface area contributed by atoms with Crippen molar-refractivity contribution in [3.05, 3.63) is 180 Å². The summed E-state index contributed by atoms with van der Waals surface area (Å²) in [4.78, 5) is 10.2. The van der Waals surface area contributed by atoms with Crippen molar-refractivity contribution in [2.45, 2.75) is 27.7 Å². The molecule has 0 aliphatic carbocycles. The van der Waals surface area contributed by atoms with Crippen LogP contribution < -0.4 is 0 Å². The Hall–Kier alpha value is -7.29. The van der Waals surface area contributed by atoms with Crippen LogP contribution in [0.3, 0.4) is 0 Å². The van der Waals surface area contributed by atoms with Gasteiger partial charge >= 0.3 is 0 Å². The van der Waals surface area contributed by atoms with Crippen molar-refractivity contribution < 1.29 is 0 Å². The molecular weight excluding hydrogens is 683 g/mol. The molecule has 0 saturated heterocycles. The fourth-order valence-corrected chi connectivity index (χ4v) is 8.41. The number of aromatic nitrogens is 4. The van der Waals surface area contributed by atoms with E-state index in [1.165, 1.54) is 22.3 Å². The fraction of sp³-hybridized carbons (Fsp3) is 0.0784. The second-order valence-corrected chi connectivity index (χ2v) is 14.9. The predicted octanol–water partition coefficient (Wildman–Crippen LogP) is 12.8. The van der Waals surface area contributed by atoms with Crippen LogP contribution in [0.15, 0.2) is 152 Å². The molecule has 5 nitrogen and oxygen atoms in total. The van der Waals surface area contributed by atoms with Gasteiger partial charge in [0.15, 0.2) is 5.82 Å². The summed E-state index contributed by atoms with van der Waals surface area (Å²) in [5.41, 5.74) is 16.1. The average molecular weight is 720 g/mol. The zero-order valence-corrected chi connectivity index (χ0v) is 31.7. The molecule has 0 aliphatic heterocycles. The van der Waals surface area contributed by atoms with Gasteiger partial charge in [-0.05, 0) is 105 Å². The van der Waals surface area contributed by atoms with Crippen LogP contribution in [-0.4, -0.2) is 19.1 Å². The van der Waals surface area contributed by atoms with Crippen molar-refractivity contribution in [3.8, 4) is 51.1 Å². The van der Waals surface area contributed by atoms with Crippen molar-refractivity contribution in [2.75, 3.05) is 0 Å². The van der Waals surface area contributed by atoms with E-state index in [1.54, 1.807) is 0 Å². The van der Waals surface area contributed by atoms with Gasteiger partial charge in [0.1, 0.15) is 0 Å². The van der Waals surface area contributed by atoms with E-state index in [2.05, 4.69) is 163 Å². The second-order valence-electron chi connectivity index (χ2n) is 14.9. The molecule has 0 fully saturated rings. The smallest absolute Gasteiger partial charge is 0.163 e. The second kappa shape index (κ2) is 12.9. The van der Waals surface area contributed by atoms with Crippen LogP contribution in [0.4, 0.5) is 0 Å². The molecule has 0 spiro atoms. The topological polar surface area (TPSA) is 59.4 Å². The summed E-state index contributed by atoms with van der Waals surface area (Å²) >= 11 is 0. The maximum atomic E-state index is 10.7. The molecule has 0 radical (unpaired) electrons. The minimum Gasteiger partial charge on any atom is -0.308 e. The highest BCUT2D eigenvalue weighted by Gasteiger charge is 2.25. The molecule has 5 heteroatoms. The highest BCUT2D eigenvalue weighted by molar-refractivity contribution is 6.13. The third-order valence-electron chi connectivity index (χ3n) is 11.0. The molecule has 3 aromatic heterocycles. The van der Waals surface area contributed by atoms with E-state index >= 15 is 0 Å². The fourth-order valence-electron chi connectivity index (χ4n) is 8.41. The molecule has 266 valence electrons. The number of nitriles is 1. The van der Waals surface area contributed by atoms with Gasteiger partial charge in [-0.2, -0.15) is 5.26 Å². The highest BCUT2D eigenvalue weighted by Crippen LogP contribution is 2.43. The van der Waals surface area contributed by atoms with Gasteiger partial charge in [-0.3, -0.25) is 0 Å². The summed E-state index contributed by atoms with van der Waals surface area (Å²) in [6.07, 6.45) is 0. The Morgan fingerprint density at radius 2 is 0.839 bits per heavy atom. The molecule has 3 heterocycles. The molecule has 0 atom stereocenters. The molecule has 10 aromatic rings. The number of hydrogen-bond acceptors (Lipinski definition) is 3. The van der Waals surface area contributed by atoms with E-state index in [1.807, 2.05) is 32.0 Å². The van der Waals surface area contributed by atoms with Gasteiger partial charge in [0.2, 0.25) is 0 Å². The predicted molar refractivity (Wildman–Crippen MR) is 231 cm³/mol. The quantitative estimate of drug-likeness (QED) is 0.178. The van der Waals surface area contributed by atoms with Gasteiger partial charge in [0.25, 0.3) is 0 Å². The summed E-state index contributed by atoms with van der Waals surface area (Å²) in [5, 5.41) is 15.3. The summed E-state index contributed by atoms with van der Waals surface area (Å²) in [6, 6.07) is 56.4. The van der Waals surface area contributed by atoms with E-state index in [9.17, 15) is 5.26 Å². The highest BCUT2D eigenvalue weighted by atomic mass is 15.0. The van der Waals surface area contributed by atoms with Gasteiger partial charge in [0.05, 0.1) is 50.6 Å². The van der Waals surface area contributed by atoms with E-state index in [-0.39, 0.29) is 0 Å². The molecular formula is C51H37N5. The summed E-state index contributed by atoms with van der Waals surface area (Å²) in [6.45, 7) is 8.26. The maximum Gasteiger partial charge on any atom is 0.163 e. The first kappa shape index (κ1) is 33.3. The van der Waals surface area contributed by atoms with Crippen LogP contribution in [0.2, 0.25) is 0 Å². The van der Waals surface area contributed by atoms with E-state index in [4.69, 9.17) is 9.97 Å². The summed E-state index contributed by atoms with van der Waals surface area (Å²) in [7, 11) is 0. The number of aryl methyl sites for hydroxylation is 4. The molecule has 7 aromatic carbocycles. The minimum atomic E-state index is 0.549. The molecule has 0 saturated carbocycles. The van der Waals surface area contributed by atoms with Crippen LogP contribution in [0.5, 0.6) is 0 Å². The Kier molecular flexibility index (Phi) is 7.69. The van der Waals surface area contributed by atoms with Gasteiger partial charge in [-0.15, -0.1) is 0 Å². The molecule has 10 rings (SSSR count). The van der Waals surface area contributed by atoms with Crippen molar-refractivity contribution in [1.29, 1.82) is 5.26 Å². The molecule has 0 amide bonds. The van der Waals surface area contributed by atoms with Crippen LogP contribution in [0.1, 0.15) is 28.1 Å². The lowest BCUT2D eigenvalue weighted by molar-refractivity contribution is 1.04. The number of benzene rings is 7. The molecule has 56 heavy (non-hydrogen) atoms. The standard InChI is InChI=1S/C51H37N5/c1-31-13-17-36(18-14-31)38-21-23-46-42(28-38)40-9-5-7-11-44(40)55(46)48-26-35(30-52)27-49(50(48)51-53-33(3)25-34(4)54-51)56-45-12-8-6-10-41(45)43-29-39(22-24-47(43)56)37-19-15-32(2)16-20-37/h5-29H,1-4H3. The van der Waals surface area contributed by atoms with E-state index < -0.39 is 0 Å². The number of para-hydroxylation sites is 2. The normalized spacial score (nSPS) is 11.6. The molecule has 0 N–H and O–H groups in total. The van der Waals surface area contributed by atoms with Gasteiger partial charge in [0, 0.05) is 32.9 Å². The monoisotopic (exact) mass is 719 g/mol. The van der Waals surface area contributed by atoms with Crippen LogP contribution in [-0.2, 0) is 0 Å². The largest absolute Gasteiger partial charge is 0.308 e. The SMILES string of the molecule is Cc1ccc(-c2ccc3c(c2)c2ccccc2n3-c2cc(C#N)cc(-n3c4ccccc4c4cc(-c5ccc(C)cc5)ccc43)c2-c2nc(C)cc(C)n2)cc1. The van der Waals surface area contributed by atoms with Gasteiger partial charge in [-0.1, -0.05) is 108 Å². The molecule has 0 bridgehead atoms. The lowest BCUT2D eigenvalue weighted by atomic mass is 10.0. The average Bonchev–Trinajstić information content (AvgIpc) is 3.72. The number of fused-ring (bicyclic) bond motifs is 6. The number of nitrogens with zero attached hydrogens (tertiary/aromatic N) is 5. The lowest BCUT2D eigenvalue weighted by Gasteiger charge is -2.20. The number of rotatable bonds is 5. The number of hydrogen-bond donors (Lipinski definition) is 0. The Labute approximate surface area is 325 Å². The third kappa shape index (κ3) is 5.38. The van der Waals surface area contributed by atoms with Crippen molar-refractivity contribution in [2.24, 2.45) is 0 Å². The maximum absolute atomic E-state index is 10.7. The first-order chi connectivity index (χ1) is 27.3. The molecule has 0 unspecified atom stereocenters. The Bertz CT molecular complexity index is 3020. The first-order valence-corrected chi connectivity index (χ1v) is 19.0. The van der Waals surface area contributed by atoms with Crippen LogP contribution in [0.25, 0.3) is 88.6 Å². The molecule has 0 aliphatic rings. The van der Waals surface area contributed by atoms with Gasteiger partial charge in [-0.25, -0.2) is 9.97 Å². The Morgan fingerprint density at radius 3 is 1.29 bits per heavy atom.